The zero-order chi connectivity index (χ0) is 11.9. The first-order valence-corrected chi connectivity index (χ1v) is 6.98. The largest absolute Gasteiger partial charge is 0.330 e. The SMILES string of the molecule is Cc1ccc(-c2cc(C3(CN)CC3)cs2)cc1. The summed E-state index contributed by atoms with van der Waals surface area (Å²) in [6.45, 7) is 2.91. The molecule has 1 aliphatic rings. The van der Waals surface area contributed by atoms with Gasteiger partial charge in [-0.25, -0.2) is 0 Å². The summed E-state index contributed by atoms with van der Waals surface area (Å²) in [6.07, 6.45) is 2.52. The Morgan fingerprint density at radius 2 is 1.94 bits per heavy atom. The number of hydrogen-bond acceptors (Lipinski definition) is 2. The molecule has 0 saturated heterocycles. The molecular formula is C15H17NS. The number of hydrogen-bond donors (Lipinski definition) is 1. The van der Waals surface area contributed by atoms with Gasteiger partial charge in [0.15, 0.2) is 0 Å². The third-order valence-electron chi connectivity index (χ3n) is 3.79. The highest BCUT2D eigenvalue weighted by Crippen LogP contribution is 2.49. The van der Waals surface area contributed by atoms with Crippen LogP contribution in [0.1, 0.15) is 24.0 Å². The van der Waals surface area contributed by atoms with Gasteiger partial charge in [-0.3, -0.25) is 0 Å². The van der Waals surface area contributed by atoms with E-state index in [-0.39, 0.29) is 0 Å². The molecule has 2 heteroatoms. The van der Waals surface area contributed by atoms with Crippen molar-refractivity contribution < 1.29 is 0 Å². The number of rotatable bonds is 3. The molecule has 1 aromatic heterocycles. The highest BCUT2D eigenvalue weighted by molar-refractivity contribution is 7.13. The molecule has 0 amide bonds. The van der Waals surface area contributed by atoms with Gasteiger partial charge in [-0.2, -0.15) is 0 Å². The molecule has 1 nitrogen and oxygen atoms in total. The van der Waals surface area contributed by atoms with E-state index in [0.717, 1.165) is 6.54 Å². The van der Waals surface area contributed by atoms with Gasteiger partial charge in [-0.15, -0.1) is 11.3 Å². The minimum absolute atomic E-state index is 0.319. The maximum absolute atomic E-state index is 5.87. The molecule has 1 saturated carbocycles. The standard InChI is InChI=1S/C15H17NS/c1-11-2-4-12(5-3-11)14-8-13(9-17-14)15(10-16)6-7-15/h2-5,8-9H,6-7,10,16H2,1H3. The number of nitrogens with two attached hydrogens (primary N) is 1. The van der Waals surface area contributed by atoms with E-state index >= 15 is 0 Å². The quantitative estimate of drug-likeness (QED) is 0.873. The van der Waals surface area contributed by atoms with E-state index in [4.69, 9.17) is 5.73 Å². The van der Waals surface area contributed by atoms with Gasteiger partial charge >= 0.3 is 0 Å². The van der Waals surface area contributed by atoms with Crippen LogP contribution >= 0.6 is 11.3 Å². The van der Waals surface area contributed by atoms with Gasteiger partial charge in [0.2, 0.25) is 0 Å². The molecule has 2 N–H and O–H groups in total. The first-order chi connectivity index (χ1) is 8.23. The zero-order valence-corrected chi connectivity index (χ0v) is 10.9. The molecule has 0 aliphatic heterocycles. The van der Waals surface area contributed by atoms with Gasteiger partial charge < -0.3 is 5.73 Å². The Morgan fingerprint density at radius 3 is 2.53 bits per heavy atom. The van der Waals surface area contributed by atoms with Crippen molar-refractivity contribution in [2.24, 2.45) is 5.73 Å². The molecule has 17 heavy (non-hydrogen) atoms. The topological polar surface area (TPSA) is 26.0 Å². The molecular weight excluding hydrogens is 226 g/mol. The third-order valence-corrected chi connectivity index (χ3v) is 4.77. The summed E-state index contributed by atoms with van der Waals surface area (Å²) >= 11 is 1.84. The van der Waals surface area contributed by atoms with Crippen LogP contribution in [-0.4, -0.2) is 6.54 Å². The fraction of sp³-hybridized carbons (Fsp3) is 0.333. The van der Waals surface area contributed by atoms with Crippen LogP contribution in [0.3, 0.4) is 0 Å². The van der Waals surface area contributed by atoms with Crippen LogP contribution in [0.15, 0.2) is 35.7 Å². The molecule has 1 fully saturated rings. The summed E-state index contributed by atoms with van der Waals surface area (Å²) in [6, 6.07) is 11.1. The number of benzene rings is 1. The summed E-state index contributed by atoms with van der Waals surface area (Å²) < 4.78 is 0. The number of aryl methyl sites for hydroxylation is 1. The van der Waals surface area contributed by atoms with E-state index in [2.05, 4.69) is 42.6 Å². The van der Waals surface area contributed by atoms with E-state index in [1.807, 2.05) is 11.3 Å². The zero-order valence-electron chi connectivity index (χ0n) is 10.1. The van der Waals surface area contributed by atoms with Crippen molar-refractivity contribution in [3.05, 3.63) is 46.8 Å². The predicted molar refractivity (Wildman–Crippen MR) is 74.5 cm³/mol. The van der Waals surface area contributed by atoms with E-state index in [1.54, 1.807) is 0 Å². The molecule has 0 radical (unpaired) electrons. The first-order valence-electron chi connectivity index (χ1n) is 6.10. The van der Waals surface area contributed by atoms with E-state index < -0.39 is 0 Å². The van der Waals surface area contributed by atoms with Crippen molar-refractivity contribution in [3.8, 4) is 10.4 Å². The maximum atomic E-state index is 5.87. The summed E-state index contributed by atoms with van der Waals surface area (Å²) in [5.41, 5.74) is 10.3. The molecule has 0 spiro atoms. The summed E-state index contributed by atoms with van der Waals surface area (Å²) in [4.78, 5) is 1.36. The van der Waals surface area contributed by atoms with Gasteiger partial charge in [0, 0.05) is 16.8 Å². The lowest BCUT2D eigenvalue weighted by Crippen LogP contribution is -2.18. The fourth-order valence-corrected chi connectivity index (χ4v) is 3.28. The average molecular weight is 243 g/mol. The minimum Gasteiger partial charge on any atom is -0.330 e. The van der Waals surface area contributed by atoms with E-state index in [1.165, 1.54) is 34.4 Å². The minimum atomic E-state index is 0.319. The van der Waals surface area contributed by atoms with E-state index in [0.29, 0.717) is 5.41 Å². The maximum Gasteiger partial charge on any atom is 0.0345 e. The lowest BCUT2D eigenvalue weighted by Gasteiger charge is -2.08. The molecule has 3 rings (SSSR count). The Labute approximate surface area is 106 Å². The smallest absolute Gasteiger partial charge is 0.0345 e. The van der Waals surface area contributed by atoms with Gasteiger partial charge in [0.05, 0.1) is 0 Å². The lowest BCUT2D eigenvalue weighted by atomic mass is 9.98. The van der Waals surface area contributed by atoms with Crippen LogP contribution in [0.25, 0.3) is 10.4 Å². The average Bonchev–Trinajstić information content (AvgIpc) is 3.00. The first kappa shape index (κ1) is 11.0. The van der Waals surface area contributed by atoms with Gasteiger partial charge in [-0.05, 0) is 42.3 Å². The van der Waals surface area contributed by atoms with Crippen molar-refractivity contribution in [2.75, 3.05) is 6.54 Å². The van der Waals surface area contributed by atoms with Crippen LogP contribution in [0.4, 0.5) is 0 Å². The van der Waals surface area contributed by atoms with Gasteiger partial charge in [-0.1, -0.05) is 29.8 Å². The Balaban J connectivity index is 1.92. The van der Waals surface area contributed by atoms with E-state index in [9.17, 15) is 0 Å². The second-order valence-electron chi connectivity index (χ2n) is 5.05. The highest BCUT2D eigenvalue weighted by atomic mass is 32.1. The molecule has 2 aromatic rings. The fourth-order valence-electron chi connectivity index (χ4n) is 2.25. The molecule has 1 aromatic carbocycles. The lowest BCUT2D eigenvalue weighted by molar-refractivity contribution is 0.708. The molecule has 1 heterocycles. The molecule has 0 bridgehead atoms. The summed E-state index contributed by atoms with van der Waals surface area (Å²) in [5.74, 6) is 0. The van der Waals surface area contributed by atoms with Gasteiger partial charge in [0.25, 0.3) is 0 Å². The van der Waals surface area contributed by atoms with Crippen LogP contribution in [0.5, 0.6) is 0 Å². The molecule has 0 atom stereocenters. The Bertz CT molecular complexity index is 520. The van der Waals surface area contributed by atoms with Crippen molar-refractivity contribution in [3.63, 3.8) is 0 Å². The normalized spacial score (nSPS) is 17.1. The van der Waals surface area contributed by atoms with Crippen LogP contribution < -0.4 is 5.73 Å². The Hall–Kier alpha value is -1.12. The number of thiophene rings is 1. The second kappa shape index (κ2) is 3.97. The van der Waals surface area contributed by atoms with Crippen LogP contribution in [-0.2, 0) is 5.41 Å². The van der Waals surface area contributed by atoms with Crippen molar-refractivity contribution in [1.82, 2.24) is 0 Å². The van der Waals surface area contributed by atoms with Crippen LogP contribution in [0, 0.1) is 6.92 Å². The Kier molecular flexibility index (Phi) is 2.57. The monoisotopic (exact) mass is 243 g/mol. The highest BCUT2D eigenvalue weighted by Gasteiger charge is 2.43. The Morgan fingerprint density at radius 1 is 1.24 bits per heavy atom. The second-order valence-corrected chi connectivity index (χ2v) is 5.96. The van der Waals surface area contributed by atoms with Crippen molar-refractivity contribution in [1.29, 1.82) is 0 Å². The summed E-state index contributed by atoms with van der Waals surface area (Å²) in [5, 5.41) is 2.29. The van der Waals surface area contributed by atoms with Crippen LogP contribution in [0.2, 0.25) is 0 Å². The predicted octanol–water partition coefficient (Wildman–Crippen LogP) is 3.71. The molecule has 0 unspecified atom stereocenters. The third kappa shape index (κ3) is 1.92. The molecule has 1 aliphatic carbocycles. The van der Waals surface area contributed by atoms with Crippen molar-refractivity contribution >= 4 is 11.3 Å². The van der Waals surface area contributed by atoms with Crippen molar-refractivity contribution in [2.45, 2.75) is 25.2 Å². The summed E-state index contributed by atoms with van der Waals surface area (Å²) in [7, 11) is 0. The molecule has 88 valence electrons. The van der Waals surface area contributed by atoms with Gasteiger partial charge in [0.1, 0.15) is 0 Å².